The summed E-state index contributed by atoms with van der Waals surface area (Å²) in [5.74, 6) is 0.107. The van der Waals surface area contributed by atoms with E-state index in [1.807, 2.05) is 6.92 Å². The molecule has 7 nitrogen and oxygen atoms in total. The van der Waals surface area contributed by atoms with E-state index in [0.29, 0.717) is 41.6 Å². The molecule has 1 saturated heterocycles. The topological polar surface area (TPSA) is 89.2 Å². The Bertz CT molecular complexity index is 1210. The maximum absolute atomic E-state index is 13.2. The third-order valence-corrected chi connectivity index (χ3v) is 5.61. The summed E-state index contributed by atoms with van der Waals surface area (Å²) in [4.78, 5) is 27.6. The Balaban J connectivity index is 1.74. The number of rotatable bonds is 10. The minimum absolute atomic E-state index is 0.0172. The summed E-state index contributed by atoms with van der Waals surface area (Å²) in [5, 5.41) is 11.2. The highest BCUT2D eigenvalue weighted by molar-refractivity contribution is 6.46. The molecule has 1 aliphatic heterocycles. The van der Waals surface area contributed by atoms with Gasteiger partial charge in [0.2, 0.25) is 0 Å². The smallest absolute Gasteiger partial charge is 0.296 e. The zero-order chi connectivity index (χ0) is 24.8. The van der Waals surface area contributed by atoms with E-state index >= 15 is 0 Å². The van der Waals surface area contributed by atoms with E-state index < -0.39 is 17.7 Å². The van der Waals surface area contributed by atoms with Crippen molar-refractivity contribution in [2.75, 3.05) is 13.2 Å². The minimum Gasteiger partial charge on any atom is -0.507 e. The van der Waals surface area contributed by atoms with Crippen LogP contribution >= 0.6 is 0 Å². The SMILES string of the molecule is C=CCOc1ccc(/C(O)=C2\C(=O)C(=O)N(Cc3ccco3)C2c2ccc(OCCC)cc2)cc1. The van der Waals surface area contributed by atoms with Crippen molar-refractivity contribution in [2.45, 2.75) is 25.9 Å². The third kappa shape index (κ3) is 5.14. The highest BCUT2D eigenvalue weighted by Gasteiger charge is 2.46. The van der Waals surface area contributed by atoms with Crippen molar-refractivity contribution in [3.8, 4) is 11.5 Å². The van der Waals surface area contributed by atoms with Crippen LogP contribution in [0.1, 0.15) is 36.3 Å². The molecular formula is C28H27NO6. The van der Waals surface area contributed by atoms with Crippen molar-refractivity contribution in [3.63, 3.8) is 0 Å². The van der Waals surface area contributed by atoms with Gasteiger partial charge in [0.25, 0.3) is 11.7 Å². The molecule has 7 heteroatoms. The van der Waals surface area contributed by atoms with Crippen LogP contribution in [0.5, 0.6) is 11.5 Å². The number of Topliss-reactive ketones (excluding diaryl/α,β-unsaturated/α-hetero) is 1. The van der Waals surface area contributed by atoms with E-state index in [1.54, 1.807) is 66.7 Å². The lowest BCUT2D eigenvalue weighted by molar-refractivity contribution is -0.140. The molecule has 2 heterocycles. The molecule has 0 spiro atoms. The van der Waals surface area contributed by atoms with Crippen LogP contribution in [0.4, 0.5) is 0 Å². The first kappa shape index (κ1) is 23.9. The second-order valence-electron chi connectivity index (χ2n) is 8.05. The quantitative estimate of drug-likeness (QED) is 0.187. The molecule has 1 unspecified atom stereocenters. The summed E-state index contributed by atoms with van der Waals surface area (Å²) in [6.45, 7) is 6.66. The molecule has 1 fully saturated rings. The van der Waals surface area contributed by atoms with Crippen LogP contribution in [-0.2, 0) is 16.1 Å². The third-order valence-electron chi connectivity index (χ3n) is 5.61. The summed E-state index contributed by atoms with van der Waals surface area (Å²) >= 11 is 0. The van der Waals surface area contributed by atoms with Crippen LogP contribution in [0, 0.1) is 0 Å². The molecule has 0 bridgehead atoms. The van der Waals surface area contributed by atoms with Crippen LogP contribution < -0.4 is 9.47 Å². The molecule has 180 valence electrons. The van der Waals surface area contributed by atoms with E-state index in [9.17, 15) is 14.7 Å². The van der Waals surface area contributed by atoms with Crippen molar-refractivity contribution >= 4 is 17.4 Å². The van der Waals surface area contributed by atoms with Crippen molar-refractivity contribution in [2.24, 2.45) is 0 Å². The second-order valence-corrected chi connectivity index (χ2v) is 8.05. The van der Waals surface area contributed by atoms with Crippen LogP contribution in [0.2, 0.25) is 0 Å². The predicted molar refractivity (Wildman–Crippen MR) is 131 cm³/mol. The average molecular weight is 474 g/mol. The van der Waals surface area contributed by atoms with E-state index in [0.717, 1.165) is 6.42 Å². The molecule has 0 aliphatic carbocycles. The van der Waals surface area contributed by atoms with Gasteiger partial charge in [-0.05, 0) is 60.5 Å². The lowest BCUT2D eigenvalue weighted by Gasteiger charge is -2.24. The molecule has 3 aromatic rings. The summed E-state index contributed by atoms with van der Waals surface area (Å²) in [7, 11) is 0. The first-order valence-corrected chi connectivity index (χ1v) is 11.4. The van der Waals surface area contributed by atoms with Crippen LogP contribution in [0.25, 0.3) is 5.76 Å². The van der Waals surface area contributed by atoms with Gasteiger partial charge in [0.1, 0.15) is 29.6 Å². The first-order valence-electron chi connectivity index (χ1n) is 11.4. The summed E-state index contributed by atoms with van der Waals surface area (Å²) < 4.78 is 16.6. The standard InChI is InChI=1S/C28H27NO6/c1-3-15-33-21-11-7-19(8-12-21)25-24(26(30)20-9-13-22(14-10-20)34-16-4-2)27(31)28(32)29(25)18-23-6-5-17-35-23/h4-14,17,25,30H,2-3,15-16,18H2,1H3/b26-24+. The van der Waals surface area contributed by atoms with Crippen molar-refractivity contribution in [1.29, 1.82) is 0 Å². The number of furan rings is 1. The fourth-order valence-corrected chi connectivity index (χ4v) is 3.95. The van der Waals surface area contributed by atoms with Crippen LogP contribution in [-0.4, -0.2) is 34.9 Å². The Kier molecular flexibility index (Phi) is 7.35. The van der Waals surface area contributed by atoms with Gasteiger partial charge in [0.15, 0.2) is 0 Å². The van der Waals surface area contributed by atoms with Gasteiger partial charge in [0.05, 0.1) is 31.0 Å². The van der Waals surface area contributed by atoms with Gasteiger partial charge in [-0.25, -0.2) is 0 Å². The number of ketones is 1. The zero-order valence-corrected chi connectivity index (χ0v) is 19.5. The minimum atomic E-state index is -0.794. The maximum atomic E-state index is 13.2. The van der Waals surface area contributed by atoms with Crippen molar-refractivity contribution in [3.05, 3.63) is 102 Å². The highest BCUT2D eigenvalue weighted by Crippen LogP contribution is 2.40. The number of hydrogen-bond acceptors (Lipinski definition) is 6. The second kappa shape index (κ2) is 10.8. The Morgan fingerprint density at radius 2 is 1.74 bits per heavy atom. The summed E-state index contributed by atoms with van der Waals surface area (Å²) in [6.07, 6.45) is 4.02. The summed E-state index contributed by atoms with van der Waals surface area (Å²) in [6, 6.07) is 16.5. The Morgan fingerprint density at radius 1 is 1.06 bits per heavy atom. The number of aliphatic hydroxyl groups excluding tert-OH is 1. The molecule has 0 radical (unpaired) electrons. The van der Waals surface area contributed by atoms with Crippen molar-refractivity contribution < 1.29 is 28.6 Å². The zero-order valence-electron chi connectivity index (χ0n) is 19.5. The molecule has 1 atom stereocenters. The van der Waals surface area contributed by atoms with Gasteiger partial charge in [-0.15, -0.1) is 0 Å². The molecule has 0 saturated carbocycles. The van der Waals surface area contributed by atoms with E-state index in [2.05, 4.69) is 6.58 Å². The summed E-state index contributed by atoms with van der Waals surface area (Å²) in [5.41, 5.74) is 1.09. The van der Waals surface area contributed by atoms with Gasteiger partial charge < -0.3 is 23.9 Å². The Labute approximate surface area is 203 Å². The average Bonchev–Trinajstić information content (AvgIpc) is 3.49. The fraction of sp³-hybridized carbons (Fsp3) is 0.214. The van der Waals surface area contributed by atoms with Gasteiger partial charge in [0, 0.05) is 5.56 Å². The number of likely N-dealkylation sites (tertiary alicyclic amines) is 1. The van der Waals surface area contributed by atoms with Gasteiger partial charge in [-0.1, -0.05) is 31.7 Å². The van der Waals surface area contributed by atoms with Gasteiger partial charge >= 0.3 is 0 Å². The monoisotopic (exact) mass is 473 g/mol. The number of benzene rings is 2. The lowest BCUT2D eigenvalue weighted by atomic mass is 9.95. The molecule has 2 aromatic carbocycles. The largest absolute Gasteiger partial charge is 0.507 e. The fourth-order valence-electron chi connectivity index (χ4n) is 3.95. The van der Waals surface area contributed by atoms with Crippen LogP contribution in [0.3, 0.4) is 0 Å². The molecule has 4 rings (SSSR count). The highest BCUT2D eigenvalue weighted by atomic mass is 16.5. The van der Waals surface area contributed by atoms with E-state index in [4.69, 9.17) is 13.9 Å². The van der Waals surface area contributed by atoms with Gasteiger partial charge in [-0.2, -0.15) is 0 Å². The Hall–Kier alpha value is -4.26. The van der Waals surface area contributed by atoms with Gasteiger partial charge in [-0.3, -0.25) is 9.59 Å². The number of aliphatic hydroxyl groups is 1. The van der Waals surface area contributed by atoms with E-state index in [-0.39, 0.29) is 17.9 Å². The molecular weight excluding hydrogens is 446 g/mol. The van der Waals surface area contributed by atoms with Crippen LogP contribution in [0.15, 0.2) is 89.6 Å². The first-order chi connectivity index (χ1) is 17.0. The molecule has 1 N–H and O–H groups in total. The molecule has 1 amide bonds. The number of hydrogen-bond donors (Lipinski definition) is 1. The number of nitrogens with zero attached hydrogens (tertiary/aromatic N) is 1. The number of carbonyl (C=O) groups is 2. The lowest BCUT2D eigenvalue weighted by Crippen LogP contribution is -2.29. The predicted octanol–water partition coefficient (Wildman–Crippen LogP) is 5.26. The molecule has 1 aromatic heterocycles. The number of carbonyl (C=O) groups excluding carboxylic acids is 2. The number of amides is 1. The molecule has 35 heavy (non-hydrogen) atoms. The van der Waals surface area contributed by atoms with Crippen molar-refractivity contribution in [1.82, 2.24) is 4.90 Å². The maximum Gasteiger partial charge on any atom is 0.296 e. The van der Waals surface area contributed by atoms with E-state index in [1.165, 1.54) is 11.2 Å². The normalized spacial score (nSPS) is 16.9. The Morgan fingerprint density at radius 3 is 2.37 bits per heavy atom. The number of ether oxygens (including phenoxy) is 2. The molecule has 1 aliphatic rings.